The largest absolute Gasteiger partial charge is 0.330 e. The Labute approximate surface area is 111 Å². The molecule has 2 rings (SSSR count). The molecule has 1 aromatic carbocycles. The smallest absolute Gasteiger partial charge is 0.243 e. The third kappa shape index (κ3) is 3.29. The fraction of sp³-hybridized carbons (Fsp3) is 0.500. The first-order chi connectivity index (χ1) is 8.88. The van der Waals surface area contributed by atoms with Crippen LogP contribution in [0.2, 0.25) is 0 Å². The lowest BCUT2D eigenvalue weighted by Gasteiger charge is -2.15. The zero-order valence-corrected chi connectivity index (χ0v) is 11.1. The van der Waals surface area contributed by atoms with Crippen LogP contribution in [0.5, 0.6) is 0 Å². The van der Waals surface area contributed by atoms with Gasteiger partial charge in [-0.25, -0.2) is 21.9 Å². The molecule has 1 fully saturated rings. The zero-order chi connectivity index (χ0) is 14.1. The van der Waals surface area contributed by atoms with Gasteiger partial charge in [0.25, 0.3) is 0 Å². The molecule has 1 aliphatic rings. The predicted octanol–water partition coefficient (Wildman–Crippen LogP) is 1.37. The van der Waals surface area contributed by atoms with Crippen LogP contribution < -0.4 is 10.5 Å². The number of rotatable bonds is 6. The summed E-state index contributed by atoms with van der Waals surface area (Å²) >= 11 is 0. The lowest BCUT2D eigenvalue weighted by Crippen LogP contribution is -2.32. The van der Waals surface area contributed by atoms with Crippen LogP contribution in [-0.4, -0.2) is 21.5 Å². The number of sulfonamides is 1. The number of hydrogen-bond donors (Lipinski definition) is 2. The molecule has 0 atom stereocenters. The number of benzene rings is 1. The molecule has 0 unspecified atom stereocenters. The van der Waals surface area contributed by atoms with Gasteiger partial charge in [0.2, 0.25) is 10.0 Å². The molecule has 0 saturated heterocycles. The highest BCUT2D eigenvalue weighted by Gasteiger charge is 2.42. The van der Waals surface area contributed by atoms with Gasteiger partial charge in [-0.15, -0.1) is 0 Å². The monoisotopic (exact) mass is 290 g/mol. The van der Waals surface area contributed by atoms with Crippen LogP contribution in [0.25, 0.3) is 0 Å². The number of nitrogens with two attached hydrogens (primary N) is 1. The molecule has 7 heteroatoms. The topological polar surface area (TPSA) is 72.2 Å². The van der Waals surface area contributed by atoms with Crippen LogP contribution in [0.15, 0.2) is 23.1 Å². The molecule has 4 nitrogen and oxygen atoms in total. The standard InChI is InChI=1S/C12H16F2N2O2S/c13-9-1-2-10(14)11(7-9)19(17,18)16-8-12(3-4-12)5-6-15/h1-2,7,16H,3-6,8,15H2. The second-order valence-electron chi connectivity index (χ2n) is 4.94. The Kier molecular flexibility index (Phi) is 3.89. The van der Waals surface area contributed by atoms with E-state index in [2.05, 4.69) is 4.72 Å². The molecule has 0 aliphatic heterocycles. The lowest BCUT2D eigenvalue weighted by molar-refractivity contribution is 0.459. The first kappa shape index (κ1) is 14.4. The molecule has 0 aromatic heterocycles. The van der Waals surface area contributed by atoms with E-state index in [1.165, 1.54) is 0 Å². The van der Waals surface area contributed by atoms with E-state index in [4.69, 9.17) is 5.73 Å². The molecule has 0 spiro atoms. The van der Waals surface area contributed by atoms with Crippen LogP contribution in [0.1, 0.15) is 19.3 Å². The van der Waals surface area contributed by atoms with Crippen molar-refractivity contribution < 1.29 is 17.2 Å². The Morgan fingerprint density at radius 1 is 1.32 bits per heavy atom. The fourth-order valence-electron chi connectivity index (χ4n) is 2.01. The average Bonchev–Trinajstić information content (AvgIpc) is 3.11. The molecule has 19 heavy (non-hydrogen) atoms. The van der Waals surface area contributed by atoms with Crippen molar-refractivity contribution in [2.75, 3.05) is 13.1 Å². The predicted molar refractivity (Wildman–Crippen MR) is 66.9 cm³/mol. The summed E-state index contributed by atoms with van der Waals surface area (Å²) in [7, 11) is -4.03. The van der Waals surface area contributed by atoms with Gasteiger partial charge in [0, 0.05) is 6.54 Å². The van der Waals surface area contributed by atoms with E-state index < -0.39 is 26.6 Å². The quantitative estimate of drug-likeness (QED) is 0.831. The molecular weight excluding hydrogens is 274 g/mol. The highest BCUT2D eigenvalue weighted by Crippen LogP contribution is 2.47. The minimum absolute atomic E-state index is 0.106. The minimum Gasteiger partial charge on any atom is -0.330 e. The maximum Gasteiger partial charge on any atom is 0.243 e. The highest BCUT2D eigenvalue weighted by atomic mass is 32.2. The van der Waals surface area contributed by atoms with Gasteiger partial charge in [0.05, 0.1) is 0 Å². The minimum atomic E-state index is -4.03. The van der Waals surface area contributed by atoms with Crippen LogP contribution in [0.4, 0.5) is 8.78 Å². The SMILES string of the molecule is NCCC1(CNS(=O)(=O)c2cc(F)ccc2F)CC1. The van der Waals surface area contributed by atoms with Crippen LogP contribution in [0, 0.1) is 17.0 Å². The Balaban J connectivity index is 2.12. The van der Waals surface area contributed by atoms with Gasteiger partial charge in [-0.05, 0) is 49.4 Å². The summed E-state index contributed by atoms with van der Waals surface area (Å²) in [4.78, 5) is -0.656. The normalized spacial score (nSPS) is 17.4. The summed E-state index contributed by atoms with van der Waals surface area (Å²) in [6.45, 7) is 0.693. The summed E-state index contributed by atoms with van der Waals surface area (Å²) in [5.74, 6) is -1.75. The zero-order valence-electron chi connectivity index (χ0n) is 10.3. The molecule has 3 N–H and O–H groups in total. The number of halogens is 2. The van der Waals surface area contributed by atoms with Crippen molar-refractivity contribution in [2.24, 2.45) is 11.1 Å². The van der Waals surface area contributed by atoms with Gasteiger partial charge in [-0.2, -0.15) is 0 Å². The lowest BCUT2D eigenvalue weighted by atomic mass is 10.0. The van der Waals surface area contributed by atoms with E-state index >= 15 is 0 Å². The number of hydrogen-bond acceptors (Lipinski definition) is 3. The van der Waals surface area contributed by atoms with E-state index in [0.29, 0.717) is 12.6 Å². The summed E-state index contributed by atoms with van der Waals surface area (Å²) in [5, 5.41) is 0. The molecule has 106 valence electrons. The third-order valence-electron chi connectivity index (χ3n) is 3.45. The maximum atomic E-state index is 13.4. The Morgan fingerprint density at radius 3 is 2.58 bits per heavy atom. The molecule has 0 amide bonds. The van der Waals surface area contributed by atoms with Crippen molar-refractivity contribution in [3.8, 4) is 0 Å². The molecule has 0 heterocycles. The van der Waals surface area contributed by atoms with Crippen molar-refractivity contribution in [2.45, 2.75) is 24.2 Å². The third-order valence-corrected chi connectivity index (χ3v) is 4.87. The Morgan fingerprint density at radius 2 is 2.00 bits per heavy atom. The van der Waals surface area contributed by atoms with Gasteiger partial charge in [-0.3, -0.25) is 0 Å². The van der Waals surface area contributed by atoms with Crippen LogP contribution in [0.3, 0.4) is 0 Å². The summed E-state index contributed by atoms with van der Waals surface area (Å²) in [6, 6.07) is 2.36. The first-order valence-corrected chi connectivity index (χ1v) is 7.52. The van der Waals surface area contributed by atoms with Gasteiger partial charge in [-0.1, -0.05) is 0 Å². The van der Waals surface area contributed by atoms with E-state index in [1.54, 1.807) is 0 Å². The highest BCUT2D eigenvalue weighted by molar-refractivity contribution is 7.89. The van der Waals surface area contributed by atoms with E-state index in [-0.39, 0.29) is 12.0 Å². The van der Waals surface area contributed by atoms with E-state index in [9.17, 15) is 17.2 Å². The second kappa shape index (κ2) is 5.15. The summed E-state index contributed by atoms with van der Waals surface area (Å²) < 4.78 is 52.7. The Hall–Kier alpha value is -1.05. The van der Waals surface area contributed by atoms with E-state index in [0.717, 1.165) is 31.4 Å². The number of nitrogens with one attached hydrogen (secondary N) is 1. The second-order valence-corrected chi connectivity index (χ2v) is 6.67. The van der Waals surface area contributed by atoms with E-state index in [1.807, 2.05) is 0 Å². The molecule has 0 radical (unpaired) electrons. The van der Waals surface area contributed by atoms with Crippen LogP contribution >= 0.6 is 0 Å². The first-order valence-electron chi connectivity index (χ1n) is 6.03. The molecule has 1 aromatic rings. The van der Waals surface area contributed by atoms with Crippen molar-refractivity contribution in [1.82, 2.24) is 4.72 Å². The van der Waals surface area contributed by atoms with Gasteiger partial charge >= 0.3 is 0 Å². The molecule has 1 saturated carbocycles. The molecule has 1 aliphatic carbocycles. The average molecular weight is 290 g/mol. The molecular formula is C12H16F2N2O2S. The summed E-state index contributed by atoms with van der Waals surface area (Å²) in [5.41, 5.74) is 5.36. The van der Waals surface area contributed by atoms with Crippen molar-refractivity contribution in [3.05, 3.63) is 29.8 Å². The van der Waals surface area contributed by atoms with Gasteiger partial charge in [0.15, 0.2) is 0 Å². The van der Waals surface area contributed by atoms with Crippen molar-refractivity contribution >= 4 is 10.0 Å². The summed E-state index contributed by atoms with van der Waals surface area (Å²) in [6.07, 6.45) is 2.53. The van der Waals surface area contributed by atoms with Crippen LogP contribution in [-0.2, 0) is 10.0 Å². The van der Waals surface area contributed by atoms with Gasteiger partial charge < -0.3 is 5.73 Å². The van der Waals surface area contributed by atoms with Crippen molar-refractivity contribution in [3.63, 3.8) is 0 Å². The molecule has 0 bridgehead atoms. The fourth-order valence-corrected chi connectivity index (χ4v) is 3.25. The van der Waals surface area contributed by atoms with Gasteiger partial charge in [0.1, 0.15) is 16.5 Å². The van der Waals surface area contributed by atoms with Crippen molar-refractivity contribution in [1.29, 1.82) is 0 Å². The Bertz CT molecular complexity index is 571. The maximum absolute atomic E-state index is 13.4.